The average Bonchev–Trinajstić information content (AvgIpc) is 2.93. The molecule has 1 N–H and O–H groups in total. The molecule has 0 spiro atoms. The third-order valence-corrected chi connectivity index (χ3v) is 3.94. The Labute approximate surface area is 149 Å². The molecule has 0 saturated carbocycles. The fourth-order valence-corrected chi connectivity index (χ4v) is 2.49. The summed E-state index contributed by atoms with van der Waals surface area (Å²) in [6.45, 7) is 8.84. The summed E-state index contributed by atoms with van der Waals surface area (Å²) in [5.74, 6) is 2.45. The molecule has 1 amide bonds. The van der Waals surface area contributed by atoms with E-state index in [-0.39, 0.29) is 11.3 Å². The molecule has 0 aliphatic carbocycles. The van der Waals surface area contributed by atoms with Gasteiger partial charge in [-0.1, -0.05) is 32.9 Å². The summed E-state index contributed by atoms with van der Waals surface area (Å²) in [7, 11) is 1.62. The van der Waals surface area contributed by atoms with Gasteiger partial charge >= 0.3 is 0 Å². The van der Waals surface area contributed by atoms with Crippen LogP contribution in [0.25, 0.3) is 0 Å². The summed E-state index contributed by atoms with van der Waals surface area (Å²) in [5, 5.41) is 2.95. The van der Waals surface area contributed by atoms with Gasteiger partial charge in [0.25, 0.3) is 0 Å². The average molecular weight is 344 g/mol. The summed E-state index contributed by atoms with van der Waals surface area (Å²) in [6, 6.07) is 7.56. The zero-order chi connectivity index (χ0) is 18.4. The summed E-state index contributed by atoms with van der Waals surface area (Å²) < 4.78 is 11.0. The number of hydrogen-bond donors (Lipinski definition) is 1. The van der Waals surface area contributed by atoms with Crippen LogP contribution in [0.4, 0.5) is 0 Å². The van der Waals surface area contributed by atoms with E-state index in [0.29, 0.717) is 13.0 Å². The lowest BCUT2D eigenvalue weighted by Crippen LogP contribution is -2.26. The maximum absolute atomic E-state index is 12.0. The third kappa shape index (κ3) is 5.62. The van der Waals surface area contributed by atoms with Crippen LogP contribution in [0.15, 0.2) is 28.7 Å². The van der Waals surface area contributed by atoms with Crippen molar-refractivity contribution in [3.8, 4) is 5.75 Å². The Morgan fingerprint density at radius 3 is 2.72 bits per heavy atom. The molecule has 1 aromatic heterocycles. The predicted octanol–water partition coefficient (Wildman–Crippen LogP) is 3.58. The molecule has 0 aliphatic rings. The van der Waals surface area contributed by atoms with Crippen molar-refractivity contribution in [1.82, 2.24) is 10.3 Å². The van der Waals surface area contributed by atoms with Gasteiger partial charge < -0.3 is 14.5 Å². The van der Waals surface area contributed by atoms with Crippen LogP contribution < -0.4 is 10.1 Å². The minimum atomic E-state index is -0.0893. The molecule has 5 heteroatoms. The van der Waals surface area contributed by atoms with Crippen LogP contribution in [0, 0.1) is 6.92 Å². The molecular weight excluding hydrogens is 316 g/mol. The number of carbonyl (C=O) groups excluding carboxylic acids is 1. The van der Waals surface area contributed by atoms with Gasteiger partial charge in [-0.25, -0.2) is 4.98 Å². The fourth-order valence-electron chi connectivity index (χ4n) is 2.49. The maximum atomic E-state index is 12.0. The molecule has 0 radical (unpaired) electrons. The van der Waals surface area contributed by atoms with Gasteiger partial charge in [0.05, 0.1) is 19.2 Å². The molecule has 136 valence electrons. The number of carbonyl (C=O) groups is 1. The largest absolute Gasteiger partial charge is 0.497 e. The van der Waals surface area contributed by atoms with Gasteiger partial charge in [-0.2, -0.15) is 0 Å². The molecule has 0 bridgehead atoms. The first kappa shape index (κ1) is 19.0. The highest BCUT2D eigenvalue weighted by Gasteiger charge is 2.22. The molecule has 1 aromatic carbocycles. The molecule has 0 atom stereocenters. The Hall–Kier alpha value is -2.30. The van der Waals surface area contributed by atoms with E-state index in [9.17, 15) is 4.79 Å². The summed E-state index contributed by atoms with van der Waals surface area (Å²) >= 11 is 0. The normalized spacial score (nSPS) is 11.4. The molecule has 0 unspecified atom stereocenters. The van der Waals surface area contributed by atoms with Crippen molar-refractivity contribution in [3.63, 3.8) is 0 Å². The number of hydrogen-bond acceptors (Lipinski definition) is 4. The number of aromatic nitrogens is 1. The van der Waals surface area contributed by atoms with Gasteiger partial charge in [-0.05, 0) is 31.0 Å². The lowest BCUT2D eigenvalue weighted by Gasteiger charge is -2.12. The van der Waals surface area contributed by atoms with Crippen LogP contribution in [-0.2, 0) is 23.1 Å². The first-order valence-electron chi connectivity index (χ1n) is 8.66. The SMILES string of the molecule is COc1cccc(CC(=O)NCCCc2oc(C(C)(C)C)nc2C)c1. The number of ether oxygens (including phenoxy) is 1. The van der Waals surface area contributed by atoms with Gasteiger partial charge in [0.1, 0.15) is 11.5 Å². The Balaban J connectivity index is 1.77. The number of benzene rings is 1. The molecule has 0 saturated heterocycles. The monoisotopic (exact) mass is 344 g/mol. The van der Waals surface area contributed by atoms with Crippen molar-refractivity contribution < 1.29 is 13.9 Å². The molecule has 5 nitrogen and oxygen atoms in total. The second kappa shape index (κ2) is 8.19. The molecule has 0 aliphatic heterocycles. The zero-order valence-corrected chi connectivity index (χ0v) is 15.8. The molecule has 2 rings (SSSR count). The lowest BCUT2D eigenvalue weighted by atomic mass is 9.97. The highest BCUT2D eigenvalue weighted by Crippen LogP contribution is 2.24. The Morgan fingerprint density at radius 1 is 1.32 bits per heavy atom. The van der Waals surface area contributed by atoms with Crippen molar-refractivity contribution in [1.29, 1.82) is 0 Å². The van der Waals surface area contributed by atoms with E-state index in [1.165, 1.54) is 0 Å². The van der Waals surface area contributed by atoms with Crippen LogP contribution in [0.5, 0.6) is 5.75 Å². The zero-order valence-electron chi connectivity index (χ0n) is 15.8. The van der Waals surface area contributed by atoms with Crippen LogP contribution in [0.3, 0.4) is 0 Å². The van der Waals surface area contributed by atoms with Gasteiger partial charge in [-0.3, -0.25) is 4.79 Å². The Kier molecular flexibility index (Phi) is 6.23. The fraction of sp³-hybridized carbons (Fsp3) is 0.500. The van der Waals surface area contributed by atoms with E-state index < -0.39 is 0 Å². The minimum absolute atomic E-state index is 0.0120. The van der Waals surface area contributed by atoms with Gasteiger partial charge in [0.15, 0.2) is 5.89 Å². The van der Waals surface area contributed by atoms with Crippen LogP contribution >= 0.6 is 0 Å². The van der Waals surface area contributed by atoms with Crippen LogP contribution in [-0.4, -0.2) is 24.5 Å². The summed E-state index contributed by atoms with van der Waals surface area (Å²) in [6.07, 6.45) is 1.95. The Morgan fingerprint density at radius 2 is 2.08 bits per heavy atom. The van der Waals surface area contributed by atoms with E-state index in [4.69, 9.17) is 9.15 Å². The standard InChI is InChI=1S/C20H28N2O3/c1-14-17(25-19(22-14)20(2,3)4)10-7-11-21-18(23)13-15-8-6-9-16(12-15)24-5/h6,8-9,12H,7,10-11,13H2,1-5H3,(H,21,23). The highest BCUT2D eigenvalue weighted by atomic mass is 16.5. The minimum Gasteiger partial charge on any atom is -0.497 e. The smallest absolute Gasteiger partial charge is 0.224 e. The second-order valence-electron chi connectivity index (χ2n) is 7.26. The van der Waals surface area contributed by atoms with Crippen molar-refractivity contribution in [2.75, 3.05) is 13.7 Å². The quantitative estimate of drug-likeness (QED) is 0.780. The number of amides is 1. The molecule has 1 heterocycles. The second-order valence-corrected chi connectivity index (χ2v) is 7.26. The number of rotatable bonds is 7. The molecule has 2 aromatic rings. The lowest BCUT2D eigenvalue weighted by molar-refractivity contribution is -0.120. The summed E-state index contributed by atoms with van der Waals surface area (Å²) in [4.78, 5) is 16.5. The first-order chi connectivity index (χ1) is 11.8. The van der Waals surface area contributed by atoms with E-state index in [1.807, 2.05) is 31.2 Å². The molecule has 25 heavy (non-hydrogen) atoms. The van der Waals surface area contributed by atoms with E-state index in [0.717, 1.165) is 41.5 Å². The van der Waals surface area contributed by atoms with Crippen LogP contribution in [0.2, 0.25) is 0 Å². The van der Waals surface area contributed by atoms with Crippen molar-refractivity contribution in [2.45, 2.75) is 52.4 Å². The number of methoxy groups -OCH3 is 1. The summed E-state index contributed by atoms with van der Waals surface area (Å²) in [5.41, 5.74) is 1.79. The molecule has 0 fully saturated rings. The van der Waals surface area contributed by atoms with Gasteiger partial charge in [0.2, 0.25) is 5.91 Å². The first-order valence-corrected chi connectivity index (χ1v) is 8.66. The highest BCUT2D eigenvalue weighted by molar-refractivity contribution is 5.78. The van der Waals surface area contributed by atoms with E-state index in [1.54, 1.807) is 7.11 Å². The number of aryl methyl sites for hydroxylation is 2. The van der Waals surface area contributed by atoms with Gasteiger partial charge in [0, 0.05) is 18.4 Å². The van der Waals surface area contributed by atoms with E-state index in [2.05, 4.69) is 31.1 Å². The number of nitrogens with one attached hydrogen (secondary N) is 1. The maximum Gasteiger partial charge on any atom is 0.224 e. The van der Waals surface area contributed by atoms with Gasteiger partial charge in [-0.15, -0.1) is 0 Å². The Bertz CT molecular complexity index is 714. The van der Waals surface area contributed by atoms with Crippen molar-refractivity contribution >= 4 is 5.91 Å². The predicted molar refractivity (Wildman–Crippen MR) is 98.0 cm³/mol. The van der Waals surface area contributed by atoms with Crippen LogP contribution in [0.1, 0.15) is 50.1 Å². The topological polar surface area (TPSA) is 64.4 Å². The molecular formula is C20H28N2O3. The van der Waals surface area contributed by atoms with E-state index >= 15 is 0 Å². The van der Waals surface area contributed by atoms with Crippen molar-refractivity contribution in [2.24, 2.45) is 0 Å². The third-order valence-electron chi connectivity index (χ3n) is 3.94. The number of oxazole rings is 1. The number of nitrogens with zero attached hydrogens (tertiary/aromatic N) is 1. The van der Waals surface area contributed by atoms with Crippen molar-refractivity contribution in [3.05, 3.63) is 47.2 Å².